The predicted molar refractivity (Wildman–Crippen MR) is 108 cm³/mol. The number of fused-ring (bicyclic) bond motifs is 1. The fourth-order valence-electron chi connectivity index (χ4n) is 3.38. The quantitative estimate of drug-likeness (QED) is 0.433. The molecule has 29 heavy (non-hydrogen) atoms. The highest BCUT2D eigenvalue weighted by Crippen LogP contribution is 2.26. The van der Waals surface area contributed by atoms with Crippen molar-refractivity contribution in [2.75, 3.05) is 6.61 Å². The summed E-state index contributed by atoms with van der Waals surface area (Å²) in [5, 5.41) is 13.6. The lowest BCUT2D eigenvalue weighted by atomic mass is 9.89. The lowest BCUT2D eigenvalue weighted by molar-refractivity contribution is -0.384. The van der Waals surface area contributed by atoms with Crippen molar-refractivity contribution >= 4 is 29.2 Å². The van der Waals surface area contributed by atoms with Crippen LogP contribution in [0.4, 0.5) is 5.69 Å². The smallest absolute Gasteiger partial charge is 0.338 e. The third-order valence-corrected chi connectivity index (χ3v) is 5.28. The van der Waals surface area contributed by atoms with Crippen molar-refractivity contribution in [3.63, 3.8) is 0 Å². The minimum absolute atomic E-state index is 0.0448. The van der Waals surface area contributed by atoms with Crippen LogP contribution in [0.5, 0.6) is 0 Å². The Labute approximate surface area is 173 Å². The number of amides is 1. The Morgan fingerprint density at radius 1 is 1.17 bits per heavy atom. The number of nitrogens with one attached hydrogen (secondary N) is 1. The van der Waals surface area contributed by atoms with Crippen molar-refractivity contribution < 1.29 is 19.2 Å². The second-order valence-corrected chi connectivity index (χ2v) is 7.43. The van der Waals surface area contributed by atoms with E-state index in [4.69, 9.17) is 16.3 Å². The van der Waals surface area contributed by atoms with E-state index in [0.29, 0.717) is 0 Å². The molecule has 0 radical (unpaired) electrons. The van der Waals surface area contributed by atoms with E-state index < -0.39 is 29.1 Å². The predicted octanol–water partition coefficient (Wildman–Crippen LogP) is 4.16. The van der Waals surface area contributed by atoms with E-state index in [0.717, 1.165) is 24.5 Å². The molecule has 1 atom stereocenters. The van der Waals surface area contributed by atoms with Crippen LogP contribution in [0.15, 0.2) is 36.4 Å². The summed E-state index contributed by atoms with van der Waals surface area (Å²) in [4.78, 5) is 34.5. The number of hydrogen-bond donors (Lipinski definition) is 1. The van der Waals surface area contributed by atoms with Gasteiger partial charge in [0.1, 0.15) is 5.02 Å². The average Bonchev–Trinajstić information content (AvgIpc) is 2.71. The molecule has 0 saturated carbocycles. The van der Waals surface area contributed by atoms with Crippen LogP contribution in [-0.4, -0.2) is 23.4 Å². The van der Waals surface area contributed by atoms with Crippen LogP contribution >= 0.6 is 11.6 Å². The van der Waals surface area contributed by atoms with Gasteiger partial charge in [-0.1, -0.05) is 29.8 Å². The molecule has 1 N–H and O–H groups in total. The summed E-state index contributed by atoms with van der Waals surface area (Å²) < 4.78 is 4.98. The topological polar surface area (TPSA) is 98.5 Å². The third-order valence-electron chi connectivity index (χ3n) is 4.96. The van der Waals surface area contributed by atoms with E-state index in [9.17, 15) is 19.7 Å². The molecule has 0 aromatic heterocycles. The lowest BCUT2D eigenvalue weighted by Gasteiger charge is -2.20. The van der Waals surface area contributed by atoms with Crippen LogP contribution in [0.2, 0.25) is 5.02 Å². The first-order valence-corrected chi connectivity index (χ1v) is 9.75. The molecule has 2 aromatic carbocycles. The summed E-state index contributed by atoms with van der Waals surface area (Å²) >= 11 is 5.73. The summed E-state index contributed by atoms with van der Waals surface area (Å²) in [5.74, 6) is -1.28. The number of carbonyl (C=O) groups is 2. The number of esters is 1. The van der Waals surface area contributed by atoms with Gasteiger partial charge in [-0.15, -0.1) is 0 Å². The van der Waals surface area contributed by atoms with Crippen molar-refractivity contribution in [1.82, 2.24) is 5.32 Å². The Morgan fingerprint density at radius 3 is 2.62 bits per heavy atom. The van der Waals surface area contributed by atoms with Gasteiger partial charge >= 0.3 is 5.97 Å². The molecule has 7 nitrogen and oxygen atoms in total. The molecule has 1 aliphatic carbocycles. The largest absolute Gasteiger partial charge is 0.452 e. The van der Waals surface area contributed by atoms with Gasteiger partial charge in [-0.25, -0.2) is 4.79 Å². The zero-order valence-electron chi connectivity index (χ0n) is 15.9. The minimum atomic E-state index is -0.832. The molecule has 0 unspecified atom stereocenters. The number of rotatable bonds is 6. The number of halogens is 1. The van der Waals surface area contributed by atoms with Crippen LogP contribution < -0.4 is 5.32 Å². The van der Waals surface area contributed by atoms with Crippen molar-refractivity contribution in [3.8, 4) is 0 Å². The highest BCUT2D eigenvalue weighted by Gasteiger charge is 2.19. The maximum Gasteiger partial charge on any atom is 0.338 e. The van der Waals surface area contributed by atoms with Crippen molar-refractivity contribution in [1.29, 1.82) is 0 Å². The van der Waals surface area contributed by atoms with Gasteiger partial charge in [0.25, 0.3) is 11.6 Å². The van der Waals surface area contributed by atoms with E-state index in [2.05, 4.69) is 17.4 Å². The van der Waals surface area contributed by atoms with Gasteiger partial charge < -0.3 is 10.1 Å². The molecule has 1 aliphatic rings. The molecule has 1 amide bonds. The molecule has 2 aromatic rings. The number of nitro groups is 1. The summed E-state index contributed by atoms with van der Waals surface area (Å²) in [7, 11) is 0. The molecule has 3 rings (SSSR count). The number of nitrogens with zero attached hydrogens (tertiary/aromatic N) is 1. The van der Waals surface area contributed by atoms with Gasteiger partial charge in [-0.3, -0.25) is 14.9 Å². The summed E-state index contributed by atoms with van der Waals surface area (Å²) in [6.45, 7) is 1.39. The standard InChI is InChI=1S/C21H21ClN2O5/c1-13(15-7-6-14-4-2-3-5-16(14)10-15)23-20(25)12-29-21(26)17-8-9-18(22)19(11-17)24(27)28/h6-11,13H,2-5,12H2,1H3,(H,23,25)/t13-/m0/s1. The van der Waals surface area contributed by atoms with E-state index in [1.807, 2.05) is 13.0 Å². The SMILES string of the molecule is C[C@H](NC(=O)COC(=O)c1ccc(Cl)c([N+](=O)[O-])c1)c1ccc2c(c1)CCCC2. The number of nitro benzene ring substituents is 1. The zero-order chi connectivity index (χ0) is 21.0. The number of ether oxygens (including phenoxy) is 1. The molecular formula is C21H21ClN2O5. The van der Waals surface area contributed by atoms with Crippen LogP contribution in [0, 0.1) is 10.1 Å². The Kier molecular flexibility index (Phi) is 6.49. The normalized spacial score (nSPS) is 13.9. The summed E-state index contributed by atoms with van der Waals surface area (Å²) in [5.41, 5.74) is 3.25. The number of aryl methyl sites for hydroxylation is 2. The van der Waals surface area contributed by atoms with E-state index in [1.54, 1.807) is 0 Å². The van der Waals surface area contributed by atoms with Crippen LogP contribution in [0.1, 0.15) is 52.9 Å². The highest BCUT2D eigenvalue weighted by molar-refractivity contribution is 6.32. The van der Waals surface area contributed by atoms with Gasteiger partial charge in [0.2, 0.25) is 0 Å². The van der Waals surface area contributed by atoms with Crippen molar-refractivity contribution in [2.24, 2.45) is 0 Å². The van der Waals surface area contributed by atoms with E-state index in [-0.39, 0.29) is 16.6 Å². The average molecular weight is 417 g/mol. The van der Waals surface area contributed by atoms with Gasteiger partial charge in [0, 0.05) is 6.07 Å². The maximum atomic E-state index is 12.2. The number of benzene rings is 2. The highest BCUT2D eigenvalue weighted by atomic mass is 35.5. The third kappa shape index (κ3) is 5.12. The molecule has 0 spiro atoms. The molecule has 0 aliphatic heterocycles. The Morgan fingerprint density at radius 2 is 1.90 bits per heavy atom. The number of hydrogen-bond acceptors (Lipinski definition) is 5. The second kappa shape index (κ2) is 9.05. The van der Waals surface area contributed by atoms with E-state index >= 15 is 0 Å². The Balaban J connectivity index is 1.56. The molecule has 0 saturated heterocycles. The summed E-state index contributed by atoms with van der Waals surface area (Å²) in [6, 6.07) is 9.59. The van der Waals surface area contributed by atoms with Crippen LogP contribution in [0.3, 0.4) is 0 Å². The van der Waals surface area contributed by atoms with Gasteiger partial charge in [-0.05, 0) is 61.4 Å². The first-order valence-electron chi connectivity index (χ1n) is 9.37. The van der Waals surface area contributed by atoms with E-state index in [1.165, 1.54) is 36.1 Å². The molecule has 152 valence electrons. The fraction of sp³-hybridized carbons (Fsp3) is 0.333. The second-order valence-electron chi connectivity index (χ2n) is 7.02. The molecule has 0 heterocycles. The van der Waals surface area contributed by atoms with Gasteiger partial charge in [0.05, 0.1) is 16.5 Å². The minimum Gasteiger partial charge on any atom is -0.452 e. The summed E-state index contributed by atoms with van der Waals surface area (Å²) in [6.07, 6.45) is 4.53. The fourth-order valence-corrected chi connectivity index (χ4v) is 3.57. The molecule has 8 heteroatoms. The van der Waals surface area contributed by atoms with Crippen molar-refractivity contribution in [3.05, 3.63) is 73.8 Å². The van der Waals surface area contributed by atoms with Gasteiger partial charge in [0.15, 0.2) is 6.61 Å². The number of carbonyl (C=O) groups excluding carboxylic acids is 2. The Hall–Kier alpha value is -2.93. The first-order chi connectivity index (χ1) is 13.8. The zero-order valence-corrected chi connectivity index (χ0v) is 16.7. The van der Waals surface area contributed by atoms with Crippen LogP contribution in [-0.2, 0) is 22.4 Å². The van der Waals surface area contributed by atoms with Gasteiger partial charge in [-0.2, -0.15) is 0 Å². The Bertz CT molecular complexity index is 960. The van der Waals surface area contributed by atoms with Crippen LogP contribution in [0.25, 0.3) is 0 Å². The molecule has 0 bridgehead atoms. The van der Waals surface area contributed by atoms with Crippen molar-refractivity contribution in [2.45, 2.75) is 38.6 Å². The maximum absolute atomic E-state index is 12.2. The molecular weight excluding hydrogens is 396 g/mol. The molecule has 0 fully saturated rings. The first kappa shape index (κ1) is 20.8. The monoisotopic (exact) mass is 416 g/mol. The lowest BCUT2D eigenvalue weighted by Crippen LogP contribution is -2.31.